The lowest BCUT2D eigenvalue weighted by molar-refractivity contribution is 1.14. The van der Waals surface area contributed by atoms with Gasteiger partial charge in [-0.2, -0.15) is 0 Å². The summed E-state index contributed by atoms with van der Waals surface area (Å²) < 4.78 is 0. The Kier molecular flexibility index (Phi) is 3.05. The lowest BCUT2D eigenvalue weighted by Crippen LogP contribution is -2.17. The third kappa shape index (κ3) is 2.68. The van der Waals surface area contributed by atoms with Gasteiger partial charge in [0.05, 0.1) is 4.99 Å². The molecule has 0 fully saturated rings. The minimum atomic E-state index is 0.840. The Hall–Kier alpha value is -0.890. The molecule has 0 spiro atoms. The molecule has 0 aliphatic carbocycles. The summed E-state index contributed by atoms with van der Waals surface area (Å²) in [6, 6.07) is 10.2. The van der Waals surface area contributed by atoms with Gasteiger partial charge in [0.25, 0.3) is 0 Å². The molecule has 0 bridgehead atoms. The van der Waals surface area contributed by atoms with Crippen LogP contribution in [0.3, 0.4) is 0 Å². The zero-order valence-corrected chi connectivity index (χ0v) is 7.32. The van der Waals surface area contributed by atoms with E-state index in [1.54, 1.807) is 0 Å². The van der Waals surface area contributed by atoms with Crippen molar-refractivity contribution >= 4 is 17.2 Å². The quantitative estimate of drug-likeness (QED) is 0.670. The molecule has 0 saturated carbocycles. The Balaban J connectivity index is 2.58. The highest BCUT2D eigenvalue weighted by atomic mass is 32.1. The van der Waals surface area contributed by atoms with Crippen molar-refractivity contribution in [2.45, 2.75) is 6.42 Å². The first-order chi connectivity index (χ1) is 5.33. The van der Waals surface area contributed by atoms with Gasteiger partial charge in [-0.1, -0.05) is 42.5 Å². The summed E-state index contributed by atoms with van der Waals surface area (Å²) >= 11 is 5.03. The van der Waals surface area contributed by atoms with Crippen LogP contribution in [0.15, 0.2) is 30.3 Å². The van der Waals surface area contributed by atoms with Gasteiger partial charge in [-0.15, -0.1) is 0 Å². The van der Waals surface area contributed by atoms with Crippen LogP contribution < -0.4 is 5.32 Å². The van der Waals surface area contributed by atoms with Crippen LogP contribution >= 0.6 is 12.2 Å². The van der Waals surface area contributed by atoms with Gasteiger partial charge >= 0.3 is 0 Å². The minimum Gasteiger partial charge on any atom is -0.382 e. The molecule has 1 aromatic rings. The third-order valence-corrected chi connectivity index (χ3v) is 1.83. The number of nitrogens with one attached hydrogen (secondary N) is 1. The van der Waals surface area contributed by atoms with Crippen molar-refractivity contribution in [3.05, 3.63) is 35.9 Å². The van der Waals surface area contributed by atoms with Crippen molar-refractivity contribution in [2.75, 3.05) is 7.05 Å². The molecule has 0 unspecified atom stereocenters. The maximum absolute atomic E-state index is 5.03. The van der Waals surface area contributed by atoms with Crippen molar-refractivity contribution < 1.29 is 0 Å². The molecule has 1 N–H and O–H groups in total. The number of hydrogen-bond acceptors (Lipinski definition) is 1. The van der Waals surface area contributed by atoms with Crippen molar-refractivity contribution in [3.63, 3.8) is 0 Å². The van der Waals surface area contributed by atoms with E-state index in [0.29, 0.717) is 0 Å². The first-order valence-electron chi connectivity index (χ1n) is 3.57. The smallest absolute Gasteiger partial charge is 0.0795 e. The SMILES string of the molecule is CNC(=S)Cc1ccccc1. The zero-order chi connectivity index (χ0) is 8.10. The number of rotatable bonds is 2. The highest BCUT2D eigenvalue weighted by Crippen LogP contribution is 1.99. The topological polar surface area (TPSA) is 12.0 Å². The fourth-order valence-electron chi connectivity index (χ4n) is 0.870. The van der Waals surface area contributed by atoms with Crippen molar-refractivity contribution in [2.24, 2.45) is 0 Å². The monoisotopic (exact) mass is 165 g/mol. The van der Waals surface area contributed by atoms with E-state index in [-0.39, 0.29) is 0 Å². The van der Waals surface area contributed by atoms with Gasteiger partial charge in [0.2, 0.25) is 0 Å². The molecule has 1 rings (SSSR count). The average molecular weight is 165 g/mol. The summed E-state index contributed by atoms with van der Waals surface area (Å²) in [5.41, 5.74) is 1.26. The van der Waals surface area contributed by atoms with E-state index in [1.807, 2.05) is 25.2 Å². The maximum atomic E-state index is 5.03. The normalized spacial score (nSPS) is 9.18. The van der Waals surface area contributed by atoms with E-state index >= 15 is 0 Å². The first kappa shape index (κ1) is 8.21. The molecule has 0 saturated heterocycles. The van der Waals surface area contributed by atoms with Crippen LogP contribution in [0.4, 0.5) is 0 Å². The van der Waals surface area contributed by atoms with Gasteiger partial charge in [0.1, 0.15) is 0 Å². The molecule has 2 heteroatoms. The highest BCUT2D eigenvalue weighted by Gasteiger charge is 1.93. The number of hydrogen-bond donors (Lipinski definition) is 1. The fourth-order valence-corrected chi connectivity index (χ4v) is 1.04. The second-order valence-electron chi connectivity index (χ2n) is 2.34. The van der Waals surface area contributed by atoms with Gasteiger partial charge in [-0.3, -0.25) is 0 Å². The standard InChI is InChI=1S/C9H11NS/c1-10-9(11)7-8-5-3-2-4-6-8/h2-6H,7H2,1H3,(H,10,11). The van der Waals surface area contributed by atoms with Gasteiger partial charge in [-0.25, -0.2) is 0 Å². The molecule has 0 heterocycles. The second kappa shape index (κ2) is 4.09. The molecular formula is C9H11NS. The summed E-state index contributed by atoms with van der Waals surface area (Å²) in [5, 5.41) is 2.94. The average Bonchev–Trinajstić information content (AvgIpc) is 2.06. The lowest BCUT2D eigenvalue weighted by Gasteiger charge is -2.01. The summed E-state index contributed by atoms with van der Waals surface area (Å²) in [6.07, 6.45) is 0.840. The van der Waals surface area contributed by atoms with Crippen LogP contribution in [0.5, 0.6) is 0 Å². The summed E-state index contributed by atoms with van der Waals surface area (Å²) in [6.45, 7) is 0. The molecular weight excluding hydrogens is 154 g/mol. The van der Waals surface area contributed by atoms with Gasteiger partial charge in [-0.05, 0) is 5.56 Å². The van der Waals surface area contributed by atoms with E-state index in [1.165, 1.54) is 5.56 Å². The van der Waals surface area contributed by atoms with Gasteiger partial charge < -0.3 is 5.32 Å². The van der Waals surface area contributed by atoms with E-state index < -0.39 is 0 Å². The fraction of sp³-hybridized carbons (Fsp3) is 0.222. The molecule has 0 amide bonds. The van der Waals surface area contributed by atoms with Crippen molar-refractivity contribution in [1.82, 2.24) is 5.32 Å². The van der Waals surface area contributed by atoms with Crippen LogP contribution in [0.2, 0.25) is 0 Å². The highest BCUT2D eigenvalue weighted by molar-refractivity contribution is 7.80. The Morgan fingerprint density at radius 2 is 2.00 bits per heavy atom. The Labute approximate surface area is 72.4 Å². The van der Waals surface area contributed by atoms with E-state index in [2.05, 4.69) is 17.4 Å². The minimum absolute atomic E-state index is 0.840. The van der Waals surface area contributed by atoms with Crippen LogP contribution in [0.1, 0.15) is 5.56 Å². The zero-order valence-electron chi connectivity index (χ0n) is 6.50. The molecule has 0 aromatic heterocycles. The van der Waals surface area contributed by atoms with E-state index in [9.17, 15) is 0 Å². The molecule has 1 aromatic carbocycles. The van der Waals surface area contributed by atoms with Crippen LogP contribution in [-0.4, -0.2) is 12.0 Å². The predicted octanol–water partition coefficient (Wildman–Crippen LogP) is 1.78. The van der Waals surface area contributed by atoms with Gasteiger partial charge in [0.15, 0.2) is 0 Å². The number of likely N-dealkylation sites (N-methyl/N-ethyl adjacent to an activating group) is 1. The summed E-state index contributed by atoms with van der Waals surface area (Å²) in [7, 11) is 1.85. The first-order valence-corrected chi connectivity index (χ1v) is 3.98. The molecule has 0 aliphatic heterocycles. The molecule has 0 radical (unpaired) electrons. The third-order valence-electron chi connectivity index (χ3n) is 1.49. The maximum Gasteiger partial charge on any atom is 0.0795 e. The van der Waals surface area contributed by atoms with E-state index in [4.69, 9.17) is 12.2 Å². The van der Waals surface area contributed by atoms with Crippen molar-refractivity contribution in [3.8, 4) is 0 Å². The van der Waals surface area contributed by atoms with Gasteiger partial charge in [0, 0.05) is 13.5 Å². The lowest BCUT2D eigenvalue weighted by atomic mass is 10.1. The molecule has 1 nitrogen and oxygen atoms in total. The van der Waals surface area contributed by atoms with Crippen LogP contribution in [-0.2, 0) is 6.42 Å². The van der Waals surface area contributed by atoms with E-state index in [0.717, 1.165) is 11.4 Å². The Morgan fingerprint density at radius 3 is 2.55 bits per heavy atom. The van der Waals surface area contributed by atoms with Crippen molar-refractivity contribution in [1.29, 1.82) is 0 Å². The number of benzene rings is 1. The molecule has 58 valence electrons. The molecule has 11 heavy (non-hydrogen) atoms. The summed E-state index contributed by atoms with van der Waals surface area (Å²) in [5.74, 6) is 0. The van der Waals surface area contributed by atoms with Crippen LogP contribution in [0.25, 0.3) is 0 Å². The molecule has 0 aliphatic rings. The largest absolute Gasteiger partial charge is 0.382 e. The van der Waals surface area contributed by atoms with Crippen LogP contribution in [0, 0.1) is 0 Å². The Bertz CT molecular complexity index is 231. The molecule has 0 atom stereocenters. The summed E-state index contributed by atoms with van der Waals surface area (Å²) in [4.78, 5) is 0.885. The predicted molar refractivity (Wildman–Crippen MR) is 51.8 cm³/mol. The number of thiocarbonyl (C=S) groups is 1. The Morgan fingerprint density at radius 1 is 1.36 bits per heavy atom. The second-order valence-corrected chi connectivity index (χ2v) is 2.83.